The Morgan fingerprint density at radius 1 is 1.14 bits per heavy atom. The predicted molar refractivity (Wildman–Crippen MR) is 85.4 cm³/mol. The first kappa shape index (κ1) is 16.5. The van der Waals surface area contributed by atoms with Crippen molar-refractivity contribution in [3.05, 3.63) is 35.9 Å². The van der Waals surface area contributed by atoms with Crippen LogP contribution in [0.25, 0.3) is 0 Å². The molecule has 4 nitrogen and oxygen atoms in total. The Bertz CT molecular complexity index is 480. The van der Waals surface area contributed by atoms with E-state index in [9.17, 15) is 9.59 Å². The number of hydrogen-bond donors (Lipinski definition) is 2. The molecule has 22 heavy (non-hydrogen) atoms. The first-order valence-corrected chi connectivity index (χ1v) is 8.21. The number of carboxylic acid groups (broad SMARTS) is 1. The normalized spacial score (nSPS) is 16.4. The summed E-state index contributed by atoms with van der Waals surface area (Å²) in [6.45, 7) is 0. The van der Waals surface area contributed by atoms with Crippen LogP contribution >= 0.6 is 0 Å². The topological polar surface area (TPSA) is 66.4 Å². The van der Waals surface area contributed by atoms with Crippen LogP contribution in [0.5, 0.6) is 0 Å². The van der Waals surface area contributed by atoms with Gasteiger partial charge in [-0.3, -0.25) is 9.59 Å². The Kier molecular flexibility index (Phi) is 6.44. The molecule has 1 amide bonds. The zero-order valence-electron chi connectivity index (χ0n) is 13.0. The molecule has 1 fully saturated rings. The number of aliphatic carboxylic acids is 1. The van der Waals surface area contributed by atoms with Gasteiger partial charge < -0.3 is 10.4 Å². The van der Waals surface area contributed by atoms with Gasteiger partial charge in [0.05, 0.1) is 6.04 Å². The second kappa shape index (κ2) is 8.57. The van der Waals surface area contributed by atoms with Gasteiger partial charge in [0.2, 0.25) is 5.91 Å². The summed E-state index contributed by atoms with van der Waals surface area (Å²) in [7, 11) is 0. The fourth-order valence-corrected chi connectivity index (χ4v) is 3.18. The van der Waals surface area contributed by atoms with Crippen LogP contribution in [0.3, 0.4) is 0 Å². The van der Waals surface area contributed by atoms with Gasteiger partial charge in [-0.2, -0.15) is 0 Å². The van der Waals surface area contributed by atoms with Gasteiger partial charge in [-0.1, -0.05) is 56.0 Å². The van der Waals surface area contributed by atoms with Crippen LogP contribution < -0.4 is 5.32 Å². The van der Waals surface area contributed by atoms with E-state index in [2.05, 4.69) is 5.32 Å². The van der Waals surface area contributed by atoms with E-state index in [4.69, 9.17) is 5.11 Å². The van der Waals surface area contributed by atoms with Crippen LogP contribution in [0.2, 0.25) is 0 Å². The second-order valence-corrected chi connectivity index (χ2v) is 6.15. The Hall–Kier alpha value is -1.84. The van der Waals surface area contributed by atoms with Gasteiger partial charge in [0.15, 0.2) is 0 Å². The Labute approximate surface area is 131 Å². The number of hydrogen-bond acceptors (Lipinski definition) is 2. The highest BCUT2D eigenvalue weighted by Gasteiger charge is 2.19. The molecule has 1 aromatic rings. The fourth-order valence-electron chi connectivity index (χ4n) is 3.18. The number of benzene rings is 1. The molecule has 1 aliphatic rings. The molecule has 0 saturated heterocycles. The summed E-state index contributed by atoms with van der Waals surface area (Å²) < 4.78 is 0. The van der Waals surface area contributed by atoms with Crippen molar-refractivity contribution in [2.24, 2.45) is 5.92 Å². The highest BCUT2D eigenvalue weighted by molar-refractivity contribution is 5.76. The van der Waals surface area contributed by atoms with Gasteiger partial charge in [-0.15, -0.1) is 0 Å². The lowest BCUT2D eigenvalue weighted by atomic mass is 9.99. The van der Waals surface area contributed by atoms with Crippen LogP contribution in [0, 0.1) is 5.92 Å². The molecule has 1 saturated carbocycles. The highest BCUT2D eigenvalue weighted by atomic mass is 16.4. The van der Waals surface area contributed by atoms with Crippen LogP contribution in [0.15, 0.2) is 30.3 Å². The smallest absolute Gasteiger partial charge is 0.303 e. The van der Waals surface area contributed by atoms with Gasteiger partial charge >= 0.3 is 5.97 Å². The predicted octanol–water partition coefficient (Wildman–Crippen LogP) is 3.68. The third kappa shape index (κ3) is 5.51. The second-order valence-electron chi connectivity index (χ2n) is 6.15. The average Bonchev–Trinajstić information content (AvgIpc) is 3.03. The van der Waals surface area contributed by atoms with E-state index < -0.39 is 5.97 Å². The zero-order valence-corrected chi connectivity index (χ0v) is 13.0. The molecular formula is C18H25NO3. The molecular weight excluding hydrogens is 278 g/mol. The third-order valence-electron chi connectivity index (χ3n) is 4.44. The van der Waals surface area contributed by atoms with Crippen molar-refractivity contribution in [1.29, 1.82) is 0 Å². The molecule has 2 N–H and O–H groups in total. The molecule has 0 bridgehead atoms. The minimum absolute atomic E-state index is 0.0335. The van der Waals surface area contributed by atoms with Crippen molar-refractivity contribution in [3.63, 3.8) is 0 Å². The van der Waals surface area contributed by atoms with Crippen LogP contribution in [-0.2, 0) is 9.59 Å². The lowest BCUT2D eigenvalue weighted by molar-refractivity contribution is -0.137. The van der Waals surface area contributed by atoms with Crippen LogP contribution in [-0.4, -0.2) is 17.0 Å². The lowest BCUT2D eigenvalue weighted by Gasteiger charge is -2.19. The lowest BCUT2D eigenvalue weighted by Crippen LogP contribution is -2.29. The largest absolute Gasteiger partial charge is 0.481 e. The number of carboxylic acids is 1. The molecule has 0 radical (unpaired) electrons. The van der Waals surface area contributed by atoms with Crippen molar-refractivity contribution in [2.75, 3.05) is 0 Å². The highest BCUT2D eigenvalue weighted by Crippen LogP contribution is 2.28. The average molecular weight is 303 g/mol. The molecule has 2 rings (SSSR count). The van der Waals surface area contributed by atoms with Crippen LogP contribution in [0.1, 0.15) is 63.0 Å². The third-order valence-corrected chi connectivity index (χ3v) is 4.44. The van der Waals surface area contributed by atoms with E-state index in [1.54, 1.807) is 0 Å². The van der Waals surface area contributed by atoms with Crippen molar-refractivity contribution < 1.29 is 14.7 Å². The summed E-state index contributed by atoms with van der Waals surface area (Å²) in [5.74, 6) is -0.104. The number of carbonyl (C=O) groups excluding carboxylic acids is 1. The number of rotatable bonds is 8. The molecule has 120 valence electrons. The first-order valence-electron chi connectivity index (χ1n) is 8.21. The maximum atomic E-state index is 12.2. The summed E-state index contributed by atoms with van der Waals surface area (Å²) in [6, 6.07) is 9.39. The van der Waals surface area contributed by atoms with E-state index in [0.29, 0.717) is 18.8 Å². The van der Waals surface area contributed by atoms with E-state index >= 15 is 0 Å². The molecule has 1 aliphatic carbocycles. The van der Waals surface area contributed by atoms with Gasteiger partial charge in [-0.25, -0.2) is 0 Å². The summed E-state index contributed by atoms with van der Waals surface area (Å²) in [6.07, 6.45) is 7.04. The maximum Gasteiger partial charge on any atom is 0.303 e. The van der Waals surface area contributed by atoms with Gasteiger partial charge in [0.25, 0.3) is 0 Å². The molecule has 0 aromatic heterocycles. The zero-order chi connectivity index (χ0) is 15.8. The van der Waals surface area contributed by atoms with E-state index in [1.807, 2.05) is 30.3 Å². The van der Waals surface area contributed by atoms with Crippen molar-refractivity contribution >= 4 is 11.9 Å². The van der Waals surface area contributed by atoms with Gasteiger partial charge in [0.1, 0.15) is 0 Å². The molecule has 1 atom stereocenters. The summed E-state index contributed by atoms with van der Waals surface area (Å²) in [5.41, 5.74) is 0.970. The Morgan fingerprint density at radius 2 is 1.82 bits per heavy atom. The first-order chi connectivity index (χ1) is 10.6. The van der Waals surface area contributed by atoms with Gasteiger partial charge in [0, 0.05) is 12.8 Å². The molecule has 1 aromatic carbocycles. The number of carbonyl (C=O) groups is 2. The summed E-state index contributed by atoms with van der Waals surface area (Å²) in [5, 5.41) is 11.9. The van der Waals surface area contributed by atoms with Crippen LogP contribution in [0.4, 0.5) is 0 Å². The molecule has 0 spiro atoms. The minimum Gasteiger partial charge on any atom is -0.481 e. The van der Waals surface area contributed by atoms with Crippen molar-refractivity contribution in [3.8, 4) is 0 Å². The molecule has 4 heteroatoms. The SMILES string of the molecule is O=C(O)CCC(NC(=O)CCC1CCCC1)c1ccccc1. The summed E-state index contributed by atoms with van der Waals surface area (Å²) in [4.78, 5) is 23.0. The fraction of sp³-hybridized carbons (Fsp3) is 0.556. The Morgan fingerprint density at radius 3 is 2.45 bits per heavy atom. The Balaban J connectivity index is 1.87. The van der Waals surface area contributed by atoms with Gasteiger partial charge in [-0.05, 0) is 24.3 Å². The quantitative estimate of drug-likeness (QED) is 0.770. The maximum absolute atomic E-state index is 12.2. The number of nitrogens with one attached hydrogen (secondary N) is 1. The molecule has 1 unspecified atom stereocenters. The van der Waals surface area contributed by atoms with Crippen molar-refractivity contribution in [2.45, 2.75) is 57.4 Å². The minimum atomic E-state index is -0.832. The standard InChI is InChI=1S/C18H25NO3/c20-17(12-10-14-6-4-5-7-14)19-16(11-13-18(21)22)15-8-2-1-3-9-15/h1-3,8-9,14,16H,4-7,10-13H2,(H,19,20)(H,21,22). The van der Waals surface area contributed by atoms with Crippen molar-refractivity contribution in [1.82, 2.24) is 5.32 Å². The molecule has 0 aliphatic heterocycles. The molecule has 0 heterocycles. The van der Waals surface area contributed by atoms with E-state index in [1.165, 1.54) is 25.7 Å². The van der Waals surface area contributed by atoms with E-state index in [0.717, 1.165) is 12.0 Å². The monoisotopic (exact) mass is 303 g/mol. The van der Waals surface area contributed by atoms with E-state index in [-0.39, 0.29) is 18.4 Å². The number of amides is 1. The summed E-state index contributed by atoms with van der Waals surface area (Å²) >= 11 is 0.